The van der Waals surface area contributed by atoms with Gasteiger partial charge < -0.3 is 34.6 Å². The maximum Gasteiger partial charge on any atom is 0.270 e. The molecule has 14 heteroatoms. The minimum Gasteiger partial charge on any atom is -0.496 e. The van der Waals surface area contributed by atoms with Crippen LogP contribution in [0.25, 0.3) is 22.0 Å². The number of carbonyl (C=O) groups excluding carboxylic acids is 2. The van der Waals surface area contributed by atoms with E-state index in [9.17, 15) is 9.59 Å². The second kappa shape index (κ2) is 14.0. The molecular formula is C35H40FN9O4. The van der Waals surface area contributed by atoms with Crippen LogP contribution in [-0.4, -0.2) is 102 Å². The number of nitrogens with zero attached hydrogens (tertiary/aromatic N) is 6. The van der Waals surface area contributed by atoms with Gasteiger partial charge in [0.25, 0.3) is 5.91 Å². The van der Waals surface area contributed by atoms with Crippen LogP contribution in [0.15, 0.2) is 61.3 Å². The molecule has 49 heavy (non-hydrogen) atoms. The predicted molar refractivity (Wildman–Crippen MR) is 182 cm³/mol. The van der Waals surface area contributed by atoms with E-state index < -0.39 is 5.82 Å². The van der Waals surface area contributed by atoms with Gasteiger partial charge in [-0.3, -0.25) is 19.6 Å². The second-order valence-corrected chi connectivity index (χ2v) is 12.4. The van der Waals surface area contributed by atoms with Gasteiger partial charge in [-0.15, -0.1) is 5.53 Å². The molecule has 3 aliphatic heterocycles. The smallest absolute Gasteiger partial charge is 0.270 e. The number of piperazine rings is 1. The summed E-state index contributed by atoms with van der Waals surface area (Å²) < 4.78 is 27.9. The third-order valence-corrected chi connectivity index (χ3v) is 9.57. The molecule has 0 saturated carbocycles. The van der Waals surface area contributed by atoms with Crippen molar-refractivity contribution in [3.05, 3.63) is 78.4 Å². The van der Waals surface area contributed by atoms with E-state index >= 15 is 4.39 Å². The van der Waals surface area contributed by atoms with E-state index in [0.717, 1.165) is 18.7 Å². The highest BCUT2D eigenvalue weighted by molar-refractivity contribution is 6.04. The number of piperidine rings is 1. The average Bonchev–Trinajstić information content (AvgIpc) is 3.85. The summed E-state index contributed by atoms with van der Waals surface area (Å²) in [6.45, 7) is 3.65. The molecule has 3 N–H and O–H groups in total. The Balaban J connectivity index is 1.17. The zero-order chi connectivity index (χ0) is 33.9. The Kier molecular flexibility index (Phi) is 9.20. The summed E-state index contributed by atoms with van der Waals surface area (Å²) in [5.74, 6) is 1.19. The standard InChI is InChI=1S/C35H40FN9O4/c1-48-29-7-10-37-21-27(29)25-19-24(23-5-4-12-44(22-23)31(46)8-13-45-14-11-39-41-45)32(36)33-26(25)20-28(40-33)35(47)43-17-15-42(16-18-43)34-30(49-2)6-3-9-38-34/h3,6-7,9-11,14,19-21,23,39-41H,4-5,8,12-13,15-18,22H2,1-2H3. The molecule has 6 heterocycles. The summed E-state index contributed by atoms with van der Waals surface area (Å²) in [5, 5.41) is 2.37. The summed E-state index contributed by atoms with van der Waals surface area (Å²) in [6.07, 6.45) is 10.5. The molecule has 2 saturated heterocycles. The van der Waals surface area contributed by atoms with Crippen molar-refractivity contribution < 1.29 is 23.5 Å². The molecule has 0 spiro atoms. The number of hydrazine groups is 2. The number of carbonyl (C=O) groups is 2. The monoisotopic (exact) mass is 669 g/mol. The van der Waals surface area contributed by atoms with Gasteiger partial charge in [-0.25, -0.2) is 9.37 Å². The maximum atomic E-state index is 16.7. The molecule has 2 fully saturated rings. The van der Waals surface area contributed by atoms with Gasteiger partial charge in [0.05, 0.1) is 19.7 Å². The van der Waals surface area contributed by atoms with Crippen molar-refractivity contribution in [2.24, 2.45) is 0 Å². The quantitative estimate of drug-likeness (QED) is 0.243. The summed E-state index contributed by atoms with van der Waals surface area (Å²) in [5.41, 5.74) is 8.27. The minimum atomic E-state index is -0.412. The van der Waals surface area contributed by atoms with Gasteiger partial charge in [-0.2, -0.15) is 0 Å². The number of benzene rings is 1. The molecule has 3 aromatic heterocycles. The number of rotatable bonds is 9. The third-order valence-electron chi connectivity index (χ3n) is 9.57. The largest absolute Gasteiger partial charge is 0.496 e. The van der Waals surface area contributed by atoms with Crippen molar-refractivity contribution >= 4 is 28.5 Å². The van der Waals surface area contributed by atoms with E-state index in [1.54, 1.807) is 56.0 Å². The number of hydrogen-bond donors (Lipinski definition) is 3. The number of likely N-dealkylation sites (tertiary alicyclic amines) is 1. The number of anilines is 1. The fourth-order valence-corrected chi connectivity index (χ4v) is 7.00. The highest BCUT2D eigenvalue weighted by Crippen LogP contribution is 2.41. The molecule has 13 nitrogen and oxygen atoms in total. The van der Waals surface area contributed by atoms with Crippen LogP contribution in [0.4, 0.5) is 10.2 Å². The van der Waals surface area contributed by atoms with Crippen LogP contribution < -0.4 is 25.3 Å². The maximum absolute atomic E-state index is 16.7. The topological polar surface area (TPSA) is 131 Å². The zero-order valence-electron chi connectivity index (χ0n) is 27.6. The summed E-state index contributed by atoms with van der Waals surface area (Å²) in [6, 6.07) is 9.04. The first-order valence-electron chi connectivity index (χ1n) is 16.5. The van der Waals surface area contributed by atoms with Crippen LogP contribution in [0.3, 0.4) is 0 Å². The van der Waals surface area contributed by atoms with Crippen LogP contribution in [0.2, 0.25) is 0 Å². The number of nitrogens with one attached hydrogen (secondary N) is 3. The van der Waals surface area contributed by atoms with Crippen LogP contribution in [-0.2, 0) is 4.79 Å². The summed E-state index contributed by atoms with van der Waals surface area (Å²) >= 11 is 0. The molecule has 0 radical (unpaired) electrons. The van der Waals surface area contributed by atoms with Gasteiger partial charge in [0, 0.05) is 100 Å². The fraction of sp³-hybridized carbons (Fsp3) is 0.371. The van der Waals surface area contributed by atoms with Crippen LogP contribution in [0, 0.1) is 5.82 Å². The van der Waals surface area contributed by atoms with E-state index in [1.165, 1.54) is 0 Å². The van der Waals surface area contributed by atoms with E-state index in [1.807, 2.05) is 34.3 Å². The molecule has 256 valence electrons. The molecule has 4 aromatic rings. The molecule has 3 aliphatic rings. The first-order chi connectivity index (χ1) is 23.9. The number of methoxy groups -OCH3 is 2. The Hall–Kier alpha value is -5.37. The van der Waals surface area contributed by atoms with Gasteiger partial charge in [-0.05, 0) is 54.3 Å². The molecule has 7 rings (SSSR count). The number of aromatic amines is 1. The fourth-order valence-electron chi connectivity index (χ4n) is 7.00. The SMILES string of the molecule is COc1ccncc1-c1cc(C2CCCN(C(=O)CCN3C=CNN3)C2)c(F)c2[nH]c(C(=O)N3CCN(c4ncccc4OC)CC3)cc12. The lowest BCUT2D eigenvalue weighted by Gasteiger charge is -2.35. The third kappa shape index (κ3) is 6.43. The Morgan fingerprint density at radius 1 is 1.00 bits per heavy atom. The number of fused-ring (bicyclic) bond motifs is 1. The number of aromatic nitrogens is 3. The molecule has 0 bridgehead atoms. The summed E-state index contributed by atoms with van der Waals surface area (Å²) in [4.78, 5) is 44.8. The molecular weight excluding hydrogens is 629 g/mol. The molecule has 1 atom stereocenters. The van der Waals surface area contributed by atoms with Crippen molar-refractivity contribution in [1.29, 1.82) is 0 Å². The van der Waals surface area contributed by atoms with E-state index in [-0.39, 0.29) is 23.2 Å². The van der Waals surface area contributed by atoms with Crippen molar-refractivity contribution in [2.75, 3.05) is 64.9 Å². The lowest BCUT2D eigenvalue weighted by atomic mass is 9.87. The molecule has 1 aromatic carbocycles. The van der Waals surface area contributed by atoms with Crippen molar-refractivity contribution in [1.82, 2.24) is 40.7 Å². The first-order valence-corrected chi connectivity index (χ1v) is 16.5. The Morgan fingerprint density at radius 3 is 2.61 bits per heavy atom. The van der Waals surface area contributed by atoms with E-state index in [0.29, 0.717) is 91.5 Å². The predicted octanol–water partition coefficient (Wildman–Crippen LogP) is 3.64. The van der Waals surface area contributed by atoms with E-state index in [4.69, 9.17) is 9.47 Å². The normalized spacial score (nSPS) is 17.8. The Morgan fingerprint density at radius 2 is 1.84 bits per heavy atom. The second-order valence-electron chi connectivity index (χ2n) is 12.4. The number of halogens is 1. The summed E-state index contributed by atoms with van der Waals surface area (Å²) in [7, 11) is 3.20. The van der Waals surface area contributed by atoms with Crippen LogP contribution in [0.5, 0.6) is 11.5 Å². The molecule has 2 amide bonds. The first kappa shape index (κ1) is 32.2. The minimum absolute atomic E-state index is 0.0248. The number of H-pyrrole nitrogens is 1. The van der Waals surface area contributed by atoms with Crippen molar-refractivity contribution in [2.45, 2.75) is 25.2 Å². The van der Waals surface area contributed by atoms with Crippen molar-refractivity contribution in [3.63, 3.8) is 0 Å². The van der Waals surface area contributed by atoms with Crippen LogP contribution >= 0.6 is 0 Å². The van der Waals surface area contributed by atoms with Gasteiger partial charge >= 0.3 is 0 Å². The van der Waals surface area contributed by atoms with E-state index in [2.05, 4.69) is 30.8 Å². The average molecular weight is 670 g/mol. The van der Waals surface area contributed by atoms with Crippen LogP contribution in [0.1, 0.15) is 41.2 Å². The number of ether oxygens (including phenoxy) is 2. The molecule has 0 aliphatic carbocycles. The lowest BCUT2D eigenvalue weighted by molar-refractivity contribution is -0.132. The highest BCUT2D eigenvalue weighted by Gasteiger charge is 2.31. The lowest BCUT2D eigenvalue weighted by Crippen LogP contribution is -2.49. The highest BCUT2D eigenvalue weighted by atomic mass is 19.1. The molecule has 1 unspecified atom stereocenters. The Labute approximate surface area is 283 Å². The number of pyridine rings is 2. The Bertz CT molecular complexity index is 1870. The zero-order valence-corrected chi connectivity index (χ0v) is 27.6. The number of amides is 2. The van der Waals surface area contributed by atoms with Gasteiger partial charge in [-0.1, -0.05) is 0 Å². The van der Waals surface area contributed by atoms with Gasteiger partial charge in [0.1, 0.15) is 11.4 Å². The van der Waals surface area contributed by atoms with Gasteiger partial charge in [0.15, 0.2) is 17.4 Å². The van der Waals surface area contributed by atoms with Gasteiger partial charge in [0.2, 0.25) is 5.91 Å². The van der Waals surface area contributed by atoms with Crippen molar-refractivity contribution in [3.8, 4) is 22.6 Å². The number of hydrogen-bond acceptors (Lipinski definition) is 10.